The molecule has 2 aromatic rings. The van der Waals surface area contributed by atoms with Gasteiger partial charge in [-0.15, -0.1) is 0 Å². The molecule has 33 heavy (non-hydrogen) atoms. The van der Waals surface area contributed by atoms with Crippen LogP contribution in [-0.2, 0) is 12.8 Å². The Bertz CT molecular complexity index is 852. The molecule has 0 unspecified atom stereocenters. The zero-order chi connectivity index (χ0) is 23.2. The van der Waals surface area contributed by atoms with Crippen LogP contribution in [0.2, 0.25) is 5.02 Å². The van der Waals surface area contributed by atoms with E-state index in [0.29, 0.717) is 23.8 Å². The van der Waals surface area contributed by atoms with Crippen molar-refractivity contribution in [1.29, 1.82) is 0 Å². The van der Waals surface area contributed by atoms with Crippen molar-refractivity contribution in [3.05, 3.63) is 69.7 Å². The molecular weight excluding hydrogens is 434 g/mol. The van der Waals surface area contributed by atoms with Gasteiger partial charge in [0.15, 0.2) is 0 Å². The highest BCUT2D eigenvalue weighted by molar-refractivity contribution is 6.30. The van der Waals surface area contributed by atoms with Gasteiger partial charge in [0.25, 0.3) is 0 Å². The van der Waals surface area contributed by atoms with Crippen molar-refractivity contribution in [2.45, 2.75) is 96.3 Å². The van der Waals surface area contributed by atoms with Gasteiger partial charge >= 0.3 is 0 Å². The third-order valence-electron chi connectivity index (χ3n) is 8.59. The summed E-state index contributed by atoms with van der Waals surface area (Å²) in [7, 11) is 0. The van der Waals surface area contributed by atoms with Gasteiger partial charge in [-0.25, -0.2) is 8.78 Å². The van der Waals surface area contributed by atoms with Crippen LogP contribution in [0.5, 0.6) is 0 Å². The smallest absolute Gasteiger partial charge is 0.129 e. The lowest BCUT2D eigenvalue weighted by Gasteiger charge is -2.32. The third-order valence-corrected chi connectivity index (χ3v) is 8.84. The van der Waals surface area contributed by atoms with E-state index < -0.39 is 0 Å². The van der Waals surface area contributed by atoms with E-state index in [-0.39, 0.29) is 17.2 Å². The van der Waals surface area contributed by atoms with Crippen molar-refractivity contribution in [2.75, 3.05) is 0 Å². The molecule has 2 fully saturated rings. The Kier molecular flexibility index (Phi) is 8.85. The normalized spacial score (nSPS) is 25.8. The molecule has 2 aliphatic rings. The first-order chi connectivity index (χ1) is 16.0. The minimum Gasteiger partial charge on any atom is -0.207 e. The molecule has 3 heteroatoms. The Labute approximate surface area is 204 Å². The number of hydrogen-bond donors (Lipinski definition) is 0. The highest BCUT2D eigenvalue weighted by atomic mass is 35.5. The number of aryl methyl sites for hydroxylation is 1. The van der Waals surface area contributed by atoms with E-state index in [2.05, 4.69) is 6.92 Å². The van der Waals surface area contributed by atoms with Crippen molar-refractivity contribution in [3.63, 3.8) is 0 Å². The standard InChI is InChI=1S/C30H39ClF2/c1-2-21-3-5-22(6-4-21)7-8-23-9-14-25(15-10-23)26-19-29(32)28(30(33)20-26)18-13-24-11-16-27(31)17-12-24/h11-12,16-17,19-23,25H,2-10,13-15,18H2,1H3/t21-,22-,23-,25-. The quantitative estimate of drug-likeness (QED) is 0.358. The van der Waals surface area contributed by atoms with Crippen LogP contribution in [0.3, 0.4) is 0 Å². The molecule has 0 atom stereocenters. The Morgan fingerprint density at radius 2 is 1.24 bits per heavy atom. The minimum atomic E-state index is -0.385. The zero-order valence-corrected chi connectivity index (χ0v) is 20.9. The third kappa shape index (κ3) is 6.81. The van der Waals surface area contributed by atoms with Crippen molar-refractivity contribution < 1.29 is 8.78 Å². The van der Waals surface area contributed by atoms with E-state index in [1.54, 1.807) is 12.1 Å². The average molecular weight is 473 g/mol. The number of benzene rings is 2. The summed E-state index contributed by atoms with van der Waals surface area (Å²) in [5, 5.41) is 0.675. The molecule has 0 nitrogen and oxygen atoms in total. The van der Waals surface area contributed by atoms with Gasteiger partial charge in [-0.1, -0.05) is 75.6 Å². The molecule has 2 aromatic carbocycles. The van der Waals surface area contributed by atoms with E-state index in [1.165, 1.54) is 57.8 Å². The largest absolute Gasteiger partial charge is 0.207 e. The van der Waals surface area contributed by atoms with Gasteiger partial charge in [0.05, 0.1) is 0 Å². The lowest BCUT2D eigenvalue weighted by atomic mass is 9.74. The Balaban J connectivity index is 1.25. The Morgan fingerprint density at radius 1 is 0.727 bits per heavy atom. The maximum Gasteiger partial charge on any atom is 0.129 e. The maximum absolute atomic E-state index is 14.8. The summed E-state index contributed by atoms with van der Waals surface area (Å²) in [4.78, 5) is 0. The van der Waals surface area contributed by atoms with Crippen LogP contribution in [0, 0.1) is 29.4 Å². The monoisotopic (exact) mass is 472 g/mol. The molecule has 2 saturated carbocycles. The number of halogens is 3. The second-order valence-corrected chi connectivity index (χ2v) is 11.1. The molecule has 0 heterocycles. The molecule has 0 amide bonds. The highest BCUT2D eigenvalue weighted by Crippen LogP contribution is 2.40. The first-order valence-electron chi connectivity index (χ1n) is 13.2. The molecule has 0 saturated heterocycles. The molecule has 0 spiro atoms. The van der Waals surface area contributed by atoms with Gasteiger partial charge in [-0.2, -0.15) is 0 Å². The summed E-state index contributed by atoms with van der Waals surface area (Å²) in [6, 6.07) is 10.7. The summed E-state index contributed by atoms with van der Waals surface area (Å²) < 4.78 is 29.7. The molecule has 0 N–H and O–H groups in total. The first-order valence-corrected chi connectivity index (χ1v) is 13.6. The van der Waals surface area contributed by atoms with E-state index >= 15 is 0 Å². The summed E-state index contributed by atoms with van der Waals surface area (Å²) in [6.45, 7) is 2.33. The van der Waals surface area contributed by atoms with E-state index in [9.17, 15) is 8.78 Å². The van der Waals surface area contributed by atoms with Gasteiger partial charge < -0.3 is 0 Å². The second-order valence-electron chi connectivity index (χ2n) is 10.7. The molecule has 0 radical (unpaired) electrons. The zero-order valence-electron chi connectivity index (χ0n) is 20.1. The summed E-state index contributed by atoms with van der Waals surface area (Å²) in [5.74, 6) is 2.25. The van der Waals surface area contributed by atoms with Crippen LogP contribution in [-0.4, -0.2) is 0 Å². The first kappa shape index (κ1) is 24.7. The summed E-state index contributed by atoms with van der Waals surface area (Å²) in [5.41, 5.74) is 2.11. The van der Waals surface area contributed by atoms with Crippen LogP contribution in [0.1, 0.15) is 100 Å². The van der Waals surface area contributed by atoms with Crippen molar-refractivity contribution in [3.8, 4) is 0 Å². The Hall–Kier alpha value is -1.41. The number of hydrogen-bond acceptors (Lipinski definition) is 0. The van der Waals surface area contributed by atoms with E-state index in [1.807, 2.05) is 24.3 Å². The fourth-order valence-electron chi connectivity index (χ4n) is 6.20. The van der Waals surface area contributed by atoms with Crippen molar-refractivity contribution in [1.82, 2.24) is 0 Å². The molecular formula is C30H39ClF2. The van der Waals surface area contributed by atoms with E-state index in [4.69, 9.17) is 11.6 Å². The van der Waals surface area contributed by atoms with Gasteiger partial charge in [0.1, 0.15) is 11.6 Å². The second kappa shape index (κ2) is 11.8. The van der Waals surface area contributed by atoms with Gasteiger partial charge in [-0.3, -0.25) is 0 Å². The maximum atomic E-state index is 14.8. The van der Waals surface area contributed by atoms with Crippen LogP contribution >= 0.6 is 11.6 Å². The molecule has 0 aliphatic heterocycles. The van der Waals surface area contributed by atoms with Crippen LogP contribution < -0.4 is 0 Å². The fourth-order valence-corrected chi connectivity index (χ4v) is 6.33. The molecule has 2 aliphatic carbocycles. The number of rotatable bonds is 8. The minimum absolute atomic E-state index is 0.209. The van der Waals surface area contributed by atoms with E-state index in [0.717, 1.165) is 41.7 Å². The molecule has 180 valence electrons. The highest BCUT2D eigenvalue weighted by Gasteiger charge is 2.26. The van der Waals surface area contributed by atoms with Gasteiger partial charge in [0.2, 0.25) is 0 Å². The summed E-state index contributed by atoms with van der Waals surface area (Å²) in [6.07, 6.45) is 15.3. The molecule has 0 bridgehead atoms. The molecule has 0 aromatic heterocycles. The van der Waals surface area contributed by atoms with Crippen molar-refractivity contribution >= 4 is 11.6 Å². The van der Waals surface area contributed by atoms with Crippen molar-refractivity contribution in [2.24, 2.45) is 17.8 Å². The van der Waals surface area contributed by atoms with Gasteiger partial charge in [-0.05, 0) is 97.6 Å². The lowest BCUT2D eigenvalue weighted by molar-refractivity contribution is 0.227. The average Bonchev–Trinajstić information content (AvgIpc) is 2.84. The topological polar surface area (TPSA) is 0 Å². The van der Waals surface area contributed by atoms with Crippen LogP contribution in [0.4, 0.5) is 8.78 Å². The fraction of sp³-hybridized carbons (Fsp3) is 0.600. The predicted octanol–water partition coefficient (Wildman–Crippen LogP) is 9.67. The summed E-state index contributed by atoms with van der Waals surface area (Å²) >= 11 is 5.92. The van der Waals surface area contributed by atoms with Crippen LogP contribution in [0.15, 0.2) is 36.4 Å². The molecule has 4 rings (SSSR count). The SMILES string of the molecule is CC[C@H]1CC[C@H](CC[C@H]2CC[C@H](c3cc(F)c(CCc4ccc(Cl)cc4)c(F)c3)CC2)CC1. The Morgan fingerprint density at radius 3 is 1.79 bits per heavy atom. The van der Waals surface area contributed by atoms with Gasteiger partial charge in [0, 0.05) is 10.6 Å². The van der Waals surface area contributed by atoms with Crippen LogP contribution in [0.25, 0.3) is 0 Å². The lowest BCUT2D eigenvalue weighted by Crippen LogP contribution is -2.17. The predicted molar refractivity (Wildman–Crippen MR) is 135 cm³/mol.